The Labute approximate surface area is 169 Å². The first kappa shape index (κ1) is 19.9. The third-order valence-electron chi connectivity index (χ3n) is 4.02. The molecule has 6 nitrogen and oxygen atoms in total. The Hall–Kier alpha value is -3.80. The number of carbonyl (C=O) groups excluding carboxylic acids is 1. The monoisotopic (exact) mass is 391 g/mol. The van der Waals surface area contributed by atoms with E-state index in [9.17, 15) is 9.90 Å². The van der Waals surface area contributed by atoms with E-state index in [1.54, 1.807) is 43.5 Å². The van der Waals surface area contributed by atoms with Gasteiger partial charge >= 0.3 is 5.97 Å². The molecule has 148 valence electrons. The summed E-state index contributed by atoms with van der Waals surface area (Å²) in [4.78, 5) is 16.6. The van der Waals surface area contributed by atoms with E-state index in [1.165, 1.54) is 12.3 Å². The second-order valence-electron chi connectivity index (χ2n) is 6.03. The van der Waals surface area contributed by atoms with Crippen LogP contribution in [0.4, 0.5) is 5.69 Å². The summed E-state index contributed by atoms with van der Waals surface area (Å²) in [5, 5.41) is 10.2. The minimum absolute atomic E-state index is 0.0465. The van der Waals surface area contributed by atoms with E-state index < -0.39 is 5.97 Å². The van der Waals surface area contributed by atoms with Crippen LogP contribution in [0.25, 0.3) is 0 Å². The summed E-state index contributed by atoms with van der Waals surface area (Å²) in [6.45, 7) is 2.49. The molecule has 3 aromatic rings. The van der Waals surface area contributed by atoms with Gasteiger partial charge in [0.15, 0.2) is 0 Å². The van der Waals surface area contributed by atoms with Gasteiger partial charge in [-0.25, -0.2) is 4.79 Å². The lowest BCUT2D eigenvalue weighted by Gasteiger charge is -2.07. The fraction of sp³-hybridized carbons (Fsp3) is 0.130. The molecule has 0 aliphatic carbocycles. The minimum Gasteiger partial charge on any atom is -0.507 e. The van der Waals surface area contributed by atoms with Crippen LogP contribution >= 0.6 is 0 Å². The number of esters is 1. The quantitative estimate of drug-likeness (QED) is 0.357. The van der Waals surface area contributed by atoms with E-state index in [2.05, 4.69) is 4.99 Å². The third kappa shape index (κ3) is 5.35. The van der Waals surface area contributed by atoms with Crippen LogP contribution in [0.15, 0.2) is 71.7 Å². The van der Waals surface area contributed by atoms with Gasteiger partial charge in [0.1, 0.15) is 23.0 Å². The number of methoxy groups -OCH3 is 1. The molecule has 1 N–H and O–H groups in total. The molecule has 0 aliphatic rings. The average molecular weight is 391 g/mol. The van der Waals surface area contributed by atoms with Crippen LogP contribution in [0, 0.1) is 0 Å². The highest BCUT2D eigenvalue weighted by Gasteiger charge is 2.10. The fourth-order valence-electron chi connectivity index (χ4n) is 2.55. The van der Waals surface area contributed by atoms with Crippen molar-refractivity contribution in [3.8, 4) is 23.0 Å². The Morgan fingerprint density at radius 3 is 2.45 bits per heavy atom. The summed E-state index contributed by atoms with van der Waals surface area (Å²) in [5.41, 5.74) is 1.58. The van der Waals surface area contributed by atoms with Gasteiger partial charge in [0.2, 0.25) is 0 Å². The van der Waals surface area contributed by atoms with Crippen LogP contribution < -0.4 is 14.2 Å². The minimum atomic E-state index is -0.527. The summed E-state index contributed by atoms with van der Waals surface area (Å²) in [6, 6.07) is 18.5. The summed E-state index contributed by atoms with van der Waals surface area (Å²) < 4.78 is 15.8. The van der Waals surface area contributed by atoms with Gasteiger partial charge in [0, 0.05) is 23.9 Å². The number of nitrogens with zero attached hydrogens (tertiary/aromatic N) is 1. The van der Waals surface area contributed by atoms with Crippen molar-refractivity contribution in [1.82, 2.24) is 0 Å². The van der Waals surface area contributed by atoms with E-state index in [-0.39, 0.29) is 11.5 Å². The molecule has 3 rings (SSSR count). The fourth-order valence-corrected chi connectivity index (χ4v) is 2.55. The number of ether oxygens (including phenoxy) is 3. The lowest BCUT2D eigenvalue weighted by Crippen LogP contribution is -2.08. The van der Waals surface area contributed by atoms with Gasteiger partial charge in [-0.05, 0) is 55.5 Å². The molecule has 0 atom stereocenters. The molecule has 29 heavy (non-hydrogen) atoms. The Kier molecular flexibility index (Phi) is 6.47. The molecule has 0 unspecified atom stereocenters. The number of hydrogen-bond donors (Lipinski definition) is 1. The van der Waals surface area contributed by atoms with E-state index in [4.69, 9.17) is 14.2 Å². The zero-order valence-corrected chi connectivity index (χ0v) is 16.2. The molecule has 0 spiro atoms. The second kappa shape index (κ2) is 9.41. The van der Waals surface area contributed by atoms with Gasteiger partial charge in [-0.2, -0.15) is 0 Å². The van der Waals surface area contributed by atoms with Gasteiger partial charge in [-0.1, -0.05) is 6.07 Å². The number of rotatable bonds is 7. The molecule has 0 amide bonds. The van der Waals surface area contributed by atoms with Crippen molar-refractivity contribution in [2.45, 2.75) is 6.92 Å². The smallest absolute Gasteiger partial charge is 0.343 e. The van der Waals surface area contributed by atoms with E-state index in [0.717, 1.165) is 5.75 Å². The molecular formula is C23H21NO5. The molecule has 3 aromatic carbocycles. The van der Waals surface area contributed by atoms with E-state index in [0.29, 0.717) is 29.2 Å². The van der Waals surface area contributed by atoms with Gasteiger partial charge < -0.3 is 19.3 Å². The largest absolute Gasteiger partial charge is 0.507 e. The van der Waals surface area contributed by atoms with Crippen molar-refractivity contribution >= 4 is 17.9 Å². The number of hydrogen-bond acceptors (Lipinski definition) is 6. The molecule has 0 aliphatic heterocycles. The number of aromatic hydroxyl groups is 1. The number of aliphatic imine (C=N–C) groups is 1. The van der Waals surface area contributed by atoms with Crippen LogP contribution in [0.3, 0.4) is 0 Å². The standard InChI is InChI=1S/C23H21NO5/c1-3-28-20-6-4-5-18(13-20)24-15-17-9-12-21(14-22(17)25)29-23(26)16-7-10-19(27-2)11-8-16/h4-15,25H,3H2,1-2H3. The number of phenols is 1. The van der Waals surface area contributed by atoms with Crippen molar-refractivity contribution in [1.29, 1.82) is 0 Å². The molecule has 0 heterocycles. The summed E-state index contributed by atoms with van der Waals surface area (Å²) in [5.74, 6) is 1.04. The topological polar surface area (TPSA) is 77.4 Å². The van der Waals surface area contributed by atoms with Gasteiger partial charge in [0.25, 0.3) is 0 Å². The first-order valence-corrected chi connectivity index (χ1v) is 9.05. The molecule has 6 heteroatoms. The highest BCUT2D eigenvalue weighted by atomic mass is 16.5. The lowest BCUT2D eigenvalue weighted by molar-refractivity contribution is 0.0734. The van der Waals surface area contributed by atoms with Gasteiger partial charge in [0.05, 0.1) is 25.0 Å². The molecule has 0 bridgehead atoms. The van der Waals surface area contributed by atoms with Crippen molar-refractivity contribution in [3.05, 3.63) is 77.9 Å². The predicted octanol–water partition coefficient (Wildman–Crippen LogP) is 4.77. The highest BCUT2D eigenvalue weighted by molar-refractivity contribution is 5.91. The zero-order valence-electron chi connectivity index (χ0n) is 16.2. The van der Waals surface area contributed by atoms with E-state index in [1.807, 2.05) is 31.2 Å². The predicted molar refractivity (Wildman–Crippen MR) is 111 cm³/mol. The number of carbonyl (C=O) groups is 1. The van der Waals surface area contributed by atoms with E-state index >= 15 is 0 Å². The van der Waals surface area contributed by atoms with Gasteiger partial charge in [-0.15, -0.1) is 0 Å². The lowest BCUT2D eigenvalue weighted by atomic mass is 10.2. The van der Waals surface area contributed by atoms with Gasteiger partial charge in [-0.3, -0.25) is 4.99 Å². The first-order valence-electron chi connectivity index (χ1n) is 9.05. The maximum Gasteiger partial charge on any atom is 0.343 e. The number of phenolic OH excluding ortho intramolecular Hbond substituents is 1. The summed E-state index contributed by atoms with van der Waals surface area (Å²) in [6.07, 6.45) is 1.54. The maximum atomic E-state index is 12.2. The van der Waals surface area contributed by atoms with Crippen molar-refractivity contribution in [2.75, 3.05) is 13.7 Å². The summed E-state index contributed by atoms with van der Waals surface area (Å²) in [7, 11) is 1.55. The molecule has 0 aromatic heterocycles. The first-order chi connectivity index (χ1) is 14.1. The second-order valence-corrected chi connectivity index (χ2v) is 6.03. The van der Waals surface area contributed by atoms with Crippen molar-refractivity contribution in [3.63, 3.8) is 0 Å². The van der Waals surface area contributed by atoms with Crippen molar-refractivity contribution < 1.29 is 24.1 Å². The maximum absolute atomic E-state index is 12.2. The Bertz CT molecular complexity index is 1010. The Balaban J connectivity index is 1.69. The van der Waals surface area contributed by atoms with Crippen LogP contribution in [-0.4, -0.2) is 31.0 Å². The molecule has 0 fully saturated rings. The molecule has 0 saturated heterocycles. The van der Waals surface area contributed by atoms with Crippen LogP contribution in [0.5, 0.6) is 23.0 Å². The zero-order chi connectivity index (χ0) is 20.6. The van der Waals surface area contributed by atoms with Crippen LogP contribution in [0.2, 0.25) is 0 Å². The SMILES string of the molecule is CCOc1cccc(N=Cc2ccc(OC(=O)c3ccc(OC)cc3)cc2O)c1. The number of benzene rings is 3. The molecule has 0 saturated carbocycles. The molecule has 0 radical (unpaired) electrons. The normalized spacial score (nSPS) is 10.7. The highest BCUT2D eigenvalue weighted by Crippen LogP contribution is 2.25. The van der Waals surface area contributed by atoms with Crippen LogP contribution in [-0.2, 0) is 0 Å². The Morgan fingerprint density at radius 1 is 1.00 bits per heavy atom. The van der Waals surface area contributed by atoms with Crippen molar-refractivity contribution in [2.24, 2.45) is 4.99 Å². The summed E-state index contributed by atoms with van der Waals surface area (Å²) >= 11 is 0. The Morgan fingerprint density at radius 2 is 1.76 bits per heavy atom. The molecular weight excluding hydrogens is 370 g/mol. The average Bonchev–Trinajstić information content (AvgIpc) is 2.74. The van der Waals surface area contributed by atoms with Crippen LogP contribution in [0.1, 0.15) is 22.8 Å². The third-order valence-corrected chi connectivity index (χ3v) is 4.02.